The fourth-order valence-electron chi connectivity index (χ4n) is 1.81. The van der Waals surface area contributed by atoms with E-state index in [2.05, 4.69) is 12.1 Å². The third-order valence-corrected chi connectivity index (χ3v) is 3.44. The molecule has 2 nitrogen and oxygen atoms in total. The molecule has 0 aromatic heterocycles. The van der Waals surface area contributed by atoms with Crippen LogP contribution < -0.4 is 0 Å². The van der Waals surface area contributed by atoms with E-state index in [0.717, 1.165) is 11.1 Å². The van der Waals surface area contributed by atoms with Gasteiger partial charge in [0, 0.05) is 4.90 Å². The number of ether oxygens (including phenoxy) is 1. The highest BCUT2D eigenvalue weighted by molar-refractivity contribution is 7.98. The molecule has 0 saturated carbocycles. The minimum Gasteiger partial charge on any atom is -0.465 e. The van der Waals surface area contributed by atoms with E-state index in [1.54, 1.807) is 17.8 Å². The zero-order chi connectivity index (χ0) is 13.0. The van der Waals surface area contributed by atoms with Crippen molar-refractivity contribution >= 4 is 17.7 Å². The molecule has 92 valence electrons. The molecule has 0 fully saturated rings. The van der Waals surface area contributed by atoms with Crippen LogP contribution in [0.2, 0.25) is 0 Å². The number of hydrogen-bond donors (Lipinski definition) is 0. The summed E-state index contributed by atoms with van der Waals surface area (Å²) in [5.41, 5.74) is 2.53. The quantitative estimate of drug-likeness (QED) is 0.617. The van der Waals surface area contributed by atoms with Crippen molar-refractivity contribution < 1.29 is 9.53 Å². The second-order valence-electron chi connectivity index (χ2n) is 3.77. The number of carbonyl (C=O) groups is 1. The van der Waals surface area contributed by atoms with Gasteiger partial charge in [0.25, 0.3) is 0 Å². The van der Waals surface area contributed by atoms with Crippen LogP contribution in [0.1, 0.15) is 10.4 Å². The van der Waals surface area contributed by atoms with Gasteiger partial charge in [0.15, 0.2) is 0 Å². The normalized spacial score (nSPS) is 10.1. The topological polar surface area (TPSA) is 26.3 Å². The lowest BCUT2D eigenvalue weighted by Crippen LogP contribution is -2.03. The van der Waals surface area contributed by atoms with Crippen LogP contribution in [0, 0.1) is 0 Å². The molecule has 0 spiro atoms. The van der Waals surface area contributed by atoms with Gasteiger partial charge in [-0.25, -0.2) is 4.79 Å². The summed E-state index contributed by atoms with van der Waals surface area (Å²) >= 11 is 1.68. The average Bonchev–Trinajstić information content (AvgIpc) is 2.46. The molecule has 0 radical (unpaired) electrons. The first-order valence-corrected chi connectivity index (χ1v) is 6.80. The monoisotopic (exact) mass is 258 g/mol. The van der Waals surface area contributed by atoms with Gasteiger partial charge in [-0.15, -0.1) is 11.8 Å². The Morgan fingerprint density at radius 1 is 1.11 bits per heavy atom. The van der Waals surface area contributed by atoms with Gasteiger partial charge in [0.1, 0.15) is 0 Å². The molecule has 0 atom stereocenters. The summed E-state index contributed by atoms with van der Waals surface area (Å²) in [6.07, 6.45) is 2.03. The Hall–Kier alpha value is -1.74. The first kappa shape index (κ1) is 12.7. The van der Waals surface area contributed by atoms with E-state index < -0.39 is 0 Å². The SMILES string of the molecule is COC(=O)c1ccccc1-c1cccc(SC)c1. The van der Waals surface area contributed by atoms with Gasteiger partial charge in [0.2, 0.25) is 0 Å². The Bertz CT molecular complexity index is 564. The van der Waals surface area contributed by atoms with E-state index in [9.17, 15) is 4.79 Å². The summed E-state index contributed by atoms with van der Waals surface area (Å²) in [4.78, 5) is 12.9. The van der Waals surface area contributed by atoms with E-state index in [1.165, 1.54) is 12.0 Å². The fraction of sp³-hybridized carbons (Fsp3) is 0.133. The number of thioether (sulfide) groups is 1. The van der Waals surface area contributed by atoms with E-state index in [4.69, 9.17) is 4.74 Å². The molecule has 2 aromatic rings. The van der Waals surface area contributed by atoms with Crippen molar-refractivity contribution in [3.05, 3.63) is 54.1 Å². The molecule has 0 saturated heterocycles. The molecule has 0 aliphatic heterocycles. The predicted molar refractivity (Wildman–Crippen MR) is 75.0 cm³/mol. The Kier molecular flexibility index (Phi) is 4.05. The van der Waals surface area contributed by atoms with Crippen LogP contribution in [0.25, 0.3) is 11.1 Å². The molecule has 0 aliphatic carbocycles. The highest BCUT2D eigenvalue weighted by Gasteiger charge is 2.12. The number of esters is 1. The third kappa shape index (κ3) is 2.57. The standard InChI is InChI=1S/C15H14O2S/c1-17-15(16)14-9-4-3-8-13(14)11-6-5-7-12(10-11)18-2/h3-10H,1-2H3. The van der Waals surface area contributed by atoms with Crippen LogP contribution in [0.4, 0.5) is 0 Å². The fourth-order valence-corrected chi connectivity index (χ4v) is 2.27. The molecular formula is C15H14O2S. The molecule has 3 heteroatoms. The van der Waals surface area contributed by atoms with Gasteiger partial charge in [-0.2, -0.15) is 0 Å². The molecule has 0 bridgehead atoms. The van der Waals surface area contributed by atoms with Crippen molar-refractivity contribution in [1.29, 1.82) is 0 Å². The van der Waals surface area contributed by atoms with Crippen LogP contribution in [0.3, 0.4) is 0 Å². The van der Waals surface area contributed by atoms with Crippen LogP contribution in [-0.2, 0) is 4.74 Å². The molecule has 0 amide bonds. The van der Waals surface area contributed by atoms with Crippen LogP contribution >= 0.6 is 11.8 Å². The highest BCUT2D eigenvalue weighted by atomic mass is 32.2. The lowest BCUT2D eigenvalue weighted by Gasteiger charge is -2.08. The van der Waals surface area contributed by atoms with Gasteiger partial charge >= 0.3 is 5.97 Å². The van der Waals surface area contributed by atoms with Gasteiger partial charge in [-0.3, -0.25) is 0 Å². The summed E-state index contributed by atoms with van der Waals surface area (Å²) in [5, 5.41) is 0. The van der Waals surface area contributed by atoms with E-state index in [1.807, 2.05) is 36.6 Å². The first-order valence-electron chi connectivity index (χ1n) is 5.58. The Labute approximate surface area is 111 Å². The van der Waals surface area contributed by atoms with Gasteiger partial charge in [-0.1, -0.05) is 30.3 Å². The van der Waals surface area contributed by atoms with Crippen molar-refractivity contribution in [2.24, 2.45) is 0 Å². The second kappa shape index (κ2) is 5.74. The van der Waals surface area contributed by atoms with Crippen LogP contribution in [0.15, 0.2) is 53.4 Å². The summed E-state index contributed by atoms with van der Waals surface area (Å²) in [7, 11) is 1.40. The summed E-state index contributed by atoms with van der Waals surface area (Å²) in [6.45, 7) is 0. The minimum absolute atomic E-state index is 0.305. The van der Waals surface area contributed by atoms with Crippen molar-refractivity contribution in [1.82, 2.24) is 0 Å². The summed E-state index contributed by atoms with van der Waals surface area (Å²) in [6, 6.07) is 15.6. The molecular weight excluding hydrogens is 244 g/mol. The molecule has 0 unspecified atom stereocenters. The number of carbonyl (C=O) groups excluding carboxylic acids is 1. The molecule has 0 heterocycles. The minimum atomic E-state index is -0.305. The van der Waals surface area contributed by atoms with Gasteiger partial charge in [0.05, 0.1) is 12.7 Å². The predicted octanol–water partition coefficient (Wildman–Crippen LogP) is 3.86. The molecule has 18 heavy (non-hydrogen) atoms. The molecule has 2 rings (SSSR count). The Balaban J connectivity index is 2.53. The van der Waals surface area contributed by atoms with Gasteiger partial charge in [-0.05, 0) is 35.6 Å². The third-order valence-electron chi connectivity index (χ3n) is 2.71. The largest absolute Gasteiger partial charge is 0.465 e. The number of benzene rings is 2. The summed E-state index contributed by atoms with van der Waals surface area (Å²) in [5.74, 6) is -0.305. The van der Waals surface area contributed by atoms with Crippen molar-refractivity contribution in [3.63, 3.8) is 0 Å². The van der Waals surface area contributed by atoms with Crippen LogP contribution in [0.5, 0.6) is 0 Å². The second-order valence-corrected chi connectivity index (χ2v) is 4.65. The van der Waals surface area contributed by atoms with E-state index in [-0.39, 0.29) is 5.97 Å². The number of hydrogen-bond acceptors (Lipinski definition) is 3. The van der Waals surface area contributed by atoms with Crippen molar-refractivity contribution in [2.45, 2.75) is 4.90 Å². The number of methoxy groups -OCH3 is 1. The molecule has 0 N–H and O–H groups in total. The highest BCUT2D eigenvalue weighted by Crippen LogP contribution is 2.27. The zero-order valence-electron chi connectivity index (χ0n) is 10.3. The smallest absolute Gasteiger partial charge is 0.338 e. The van der Waals surface area contributed by atoms with Crippen molar-refractivity contribution in [3.8, 4) is 11.1 Å². The van der Waals surface area contributed by atoms with Crippen molar-refractivity contribution in [2.75, 3.05) is 13.4 Å². The zero-order valence-corrected chi connectivity index (χ0v) is 11.2. The lowest BCUT2D eigenvalue weighted by molar-refractivity contribution is 0.0601. The maximum Gasteiger partial charge on any atom is 0.338 e. The summed E-state index contributed by atoms with van der Waals surface area (Å²) < 4.78 is 4.81. The first-order chi connectivity index (χ1) is 8.76. The van der Waals surface area contributed by atoms with Crippen LogP contribution in [-0.4, -0.2) is 19.3 Å². The van der Waals surface area contributed by atoms with E-state index >= 15 is 0 Å². The molecule has 0 aliphatic rings. The Morgan fingerprint density at radius 3 is 2.61 bits per heavy atom. The Morgan fingerprint density at radius 2 is 1.89 bits per heavy atom. The van der Waals surface area contributed by atoms with E-state index in [0.29, 0.717) is 5.56 Å². The lowest BCUT2D eigenvalue weighted by atomic mass is 10.00. The maximum atomic E-state index is 11.7. The maximum absolute atomic E-state index is 11.7. The van der Waals surface area contributed by atoms with Gasteiger partial charge < -0.3 is 4.74 Å². The number of rotatable bonds is 3. The average molecular weight is 258 g/mol. The molecule has 2 aromatic carbocycles.